The lowest BCUT2D eigenvalue weighted by atomic mass is 9.63. The molecule has 2 aliphatic rings. The van der Waals surface area contributed by atoms with Crippen LogP contribution in [0.1, 0.15) is 51.0 Å². The van der Waals surface area contributed by atoms with E-state index in [-0.39, 0.29) is 23.1 Å². The predicted octanol–water partition coefficient (Wildman–Crippen LogP) is 4.08. The molecule has 0 radical (unpaired) electrons. The Bertz CT molecular complexity index is 523. The van der Waals surface area contributed by atoms with Gasteiger partial charge in [0.1, 0.15) is 5.82 Å². The van der Waals surface area contributed by atoms with Gasteiger partial charge in [0.2, 0.25) is 5.91 Å². The van der Waals surface area contributed by atoms with Crippen molar-refractivity contribution in [1.82, 2.24) is 0 Å². The molecule has 1 saturated carbocycles. The molecule has 1 aliphatic heterocycles. The van der Waals surface area contributed by atoms with Gasteiger partial charge in [0.05, 0.1) is 5.92 Å². The van der Waals surface area contributed by atoms with Crippen molar-refractivity contribution < 1.29 is 9.18 Å². The van der Waals surface area contributed by atoms with Gasteiger partial charge in [-0.25, -0.2) is 4.39 Å². The Kier molecular flexibility index (Phi) is 2.88. The van der Waals surface area contributed by atoms with Crippen molar-refractivity contribution in [2.45, 2.75) is 45.4 Å². The highest BCUT2D eigenvalue weighted by molar-refractivity contribution is 6.03. The minimum Gasteiger partial charge on any atom is -0.325 e. The topological polar surface area (TPSA) is 29.1 Å². The molecule has 102 valence electrons. The summed E-state index contributed by atoms with van der Waals surface area (Å²) in [6.45, 7) is 4.47. The van der Waals surface area contributed by atoms with Crippen molar-refractivity contribution in [2.75, 3.05) is 5.32 Å². The first-order valence-corrected chi connectivity index (χ1v) is 7.09. The van der Waals surface area contributed by atoms with E-state index in [9.17, 15) is 9.18 Å². The normalized spacial score (nSPS) is 28.9. The maximum absolute atomic E-state index is 13.5. The number of hydrogen-bond acceptors (Lipinski definition) is 1. The van der Waals surface area contributed by atoms with Gasteiger partial charge in [0.25, 0.3) is 0 Å². The van der Waals surface area contributed by atoms with Gasteiger partial charge in [-0.2, -0.15) is 0 Å². The number of amides is 1. The fourth-order valence-electron chi connectivity index (χ4n) is 3.79. The molecule has 0 aromatic heterocycles. The maximum Gasteiger partial charge on any atom is 0.232 e. The van der Waals surface area contributed by atoms with Crippen LogP contribution in [0.5, 0.6) is 0 Å². The summed E-state index contributed by atoms with van der Waals surface area (Å²) in [4.78, 5) is 12.3. The van der Waals surface area contributed by atoms with Crippen LogP contribution in [0.3, 0.4) is 0 Å². The summed E-state index contributed by atoms with van der Waals surface area (Å²) in [7, 11) is 0. The third-order valence-corrected chi connectivity index (χ3v) is 4.88. The van der Waals surface area contributed by atoms with Crippen LogP contribution in [0.25, 0.3) is 0 Å². The summed E-state index contributed by atoms with van der Waals surface area (Å²) < 4.78 is 13.5. The Morgan fingerprint density at radius 1 is 1.32 bits per heavy atom. The second kappa shape index (κ2) is 4.32. The van der Waals surface area contributed by atoms with E-state index in [1.54, 1.807) is 6.07 Å². The summed E-state index contributed by atoms with van der Waals surface area (Å²) in [5.74, 6) is -0.0836. The molecule has 3 rings (SSSR count). The number of halogens is 1. The van der Waals surface area contributed by atoms with Gasteiger partial charge in [-0.15, -0.1) is 0 Å². The summed E-state index contributed by atoms with van der Waals surface area (Å²) in [5.41, 5.74) is 1.79. The van der Waals surface area contributed by atoms with Gasteiger partial charge in [0, 0.05) is 5.69 Å². The van der Waals surface area contributed by atoms with Crippen molar-refractivity contribution in [3.05, 3.63) is 29.6 Å². The minimum absolute atomic E-state index is 0.0422. The third-order valence-electron chi connectivity index (χ3n) is 4.88. The first kappa shape index (κ1) is 12.6. The number of benzene rings is 1. The molecular weight excluding hydrogens is 241 g/mol. The molecule has 1 aromatic rings. The number of anilines is 1. The minimum atomic E-state index is -0.256. The SMILES string of the molecule is CC1(C)CCCCC1C1C(=O)Nc2ccc(F)cc21. The second-order valence-electron chi connectivity index (χ2n) is 6.54. The van der Waals surface area contributed by atoms with E-state index in [0.717, 1.165) is 24.1 Å². The molecule has 0 spiro atoms. The van der Waals surface area contributed by atoms with Crippen LogP contribution in [-0.4, -0.2) is 5.91 Å². The lowest BCUT2D eigenvalue weighted by Gasteiger charge is -2.41. The van der Waals surface area contributed by atoms with E-state index >= 15 is 0 Å². The first-order valence-electron chi connectivity index (χ1n) is 7.09. The zero-order valence-corrected chi connectivity index (χ0v) is 11.5. The van der Waals surface area contributed by atoms with Crippen LogP contribution < -0.4 is 5.32 Å². The van der Waals surface area contributed by atoms with Crippen molar-refractivity contribution >= 4 is 11.6 Å². The molecular formula is C16H20FNO. The number of fused-ring (bicyclic) bond motifs is 1. The molecule has 1 N–H and O–H groups in total. The number of hydrogen-bond donors (Lipinski definition) is 1. The molecule has 1 aromatic carbocycles. The average Bonchev–Trinajstić information content (AvgIpc) is 2.65. The fourth-order valence-corrected chi connectivity index (χ4v) is 3.79. The number of nitrogens with one attached hydrogen (secondary N) is 1. The van der Waals surface area contributed by atoms with Gasteiger partial charge < -0.3 is 5.32 Å². The molecule has 0 saturated heterocycles. The number of rotatable bonds is 1. The van der Waals surface area contributed by atoms with Gasteiger partial charge >= 0.3 is 0 Å². The van der Waals surface area contributed by atoms with Crippen LogP contribution >= 0.6 is 0 Å². The summed E-state index contributed by atoms with van der Waals surface area (Å²) in [6.07, 6.45) is 4.60. The zero-order chi connectivity index (χ0) is 13.6. The van der Waals surface area contributed by atoms with Crippen molar-refractivity contribution in [1.29, 1.82) is 0 Å². The first-order chi connectivity index (χ1) is 8.99. The molecule has 3 heteroatoms. The molecule has 1 amide bonds. The maximum atomic E-state index is 13.5. The third kappa shape index (κ3) is 2.05. The number of carbonyl (C=O) groups excluding carboxylic acids is 1. The molecule has 19 heavy (non-hydrogen) atoms. The average molecular weight is 261 g/mol. The zero-order valence-electron chi connectivity index (χ0n) is 11.5. The van der Waals surface area contributed by atoms with E-state index in [4.69, 9.17) is 0 Å². The monoisotopic (exact) mass is 261 g/mol. The van der Waals surface area contributed by atoms with Crippen LogP contribution in [0.2, 0.25) is 0 Å². The molecule has 1 aliphatic carbocycles. The van der Waals surface area contributed by atoms with Crippen molar-refractivity contribution in [3.63, 3.8) is 0 Å². The largest absolute Gasteiger partial charge is 0.325 e. The lowest BCUT2D eigenvalue weighted by molar-refractivity contribution is -0.119. The van der Waals surface area contributed by atoms with Crippen LogP contribution in [0.15, 0.2) is 18.2 Å². The highest BCUT2D eigenvalue weighted by Crippen LogP contribution is 2.51. The summed E-state index contributed by atoms with van der Waals surface area (Å²) in [6, 6.07) is 4.62. The van der Waals surface area contributed by atoms with Crippen LogP contribution in [-0.2, 0) is 4.79 Å². The standard InChI is InChI=1S/C16H20FNO/c1-16(2)8-4-3-5-12(16)14-11-9-10(17)6-7-13(11)18-15(14)19/h6-7,9,12,14H,3-5,8H2,1-2H3,(H,18,19). The summed E-state index contributed by atoms with van der Waals surface area (Å²) in [5, 5.41) is 2.90. The molecule has 0 bridgehead atoms. The molecule has 2 atom stereocenters. The predicted molar refractivity (Wildman–Crippen MR) is 73.5 cm³/mol. The van der Waals surface area contributed by atoms with E-state index < -0.39 is 0 Å². The van der Waals surface area contributed by atoms with E-state index in [1.807, 2.05) is 0 Å². The molecule has 1 heterocycles. The highest BCUT2D eigenvalue weighted by Gasteiger charge is 2.44. The van der Waals surface area contributed by atoms with Gasteiger partial charge in [0.15, 0.2) is 0 Å². The molecule has 2 unspecified atom stereocenters. The Hall–Kier alpha value is -1.38. The van der Waals surface area contributed by atoms with Crippen molar-refractivity contribution in [2.24, 2.45) is 11.3 Å². The summed E-state index contributed by atoms with van der Waals surface area (Å²) >= 11 is 0. The van der Waals surface area contributed by atoms with Crippen molar-refractivity contribution in [3.8, 4) is 0 Å². The van der Waals surface area contributed by atoms with Gasteiger partial charge in [-0.05, 0) is 47.9 Å². The van der Waals surface area contributed by atoms with Crippen LogP contribution in [0.4, 0.5) is 10.1 Å². The Labute approximate surface area is 113 Å². The molecule has 1 fully saturated rings. The highest BCUT2D eigenvalue weighted by atomic mass is 19.1. The van der Waals surface area contributed by atoms with Gasteiger partial charge in [-0.1, -0.05) is 26.7 Å². The van der Waals surface area contributed by atoms with E-state index in [0.29, 0.717) is 5.92 Å². The van der Waals surface area contributed by atoms with E-state index in [2.05, 4.69) is 19.2 Å². The Morgan fingerprint density at radius 2 is 2.11 bits per heavy atom. The fraction of sp³-hybridized carbons (Fsp3) is 0.562. The van der Waals surface area contributed by atoms with Gasteiger partial charge in [-0.3, -0.25) is 4.79 Å². The number of carbonyl (C=O) groups is 1. The smallest absolute Gasteiger partial charge is 0.232 e. The quantitative estimate of drug-likeness (QED) is 0.811. The van der Waals surface area contributed by atoms with E-state index in [1.165, 1.54) is 25.0 Å². The Morgan fingerprint density at radius 3 is 2.84 bits per heavy atom. The molecule has 2 nitrogen and oxygen atoms in total. The van der Waals surface area contributed by atoms with Crippen LogP contribution in [0, 0.1) is 17.2 Å². The Balaban J connectivity index is 2.01. The second-order valence-corrected chi connectivity index (χ2v) is 6.54. The lowest BCUT2D eigenvalue weighted by Crippen LogP contribution is -2.35.